The van der Waals surface area contributed by atoms with Crippen molar-refractivity contribution in [3.05, 3.63) is 95.8 Å². The lowest BCUT2D eigenvalue weighted by Gasteiger charge is -2.30. The van der Waals surface area contributed by atoms with Crippen LogP contribution >= 0.6 is 0 Å². The Hall–Kier alpha value is -3.29. The van der Waals surface area contributed by atoms with E-state index < -0.39 is 0 Å². The van der Waals surface area contributed by atoms with Gasteiger partial charge in [-0.25, -0.2) is 4.79 Å². The number of ether oxygens (including phenoxy) is 1. The molecule has 1 atom stereocenters. The molecule has 1 fully saturated rings. The van der Waals surface area contributed by atoms with Crippen LogP contribution in [0.15, 0.2) is 79.1 Å². The Bertz CT molecular complexity index is 1040. The van der Waals surface area contributed by atoms with Crippen LogP contribution in [0.2, 0.25) is 0 Å². The van der Waals surface area contributed by atoms with Crippen molar-refractivity contribution in [3.63, 3.8) is 0 Å². The molecule has 0 saturated carbocycles. The maximum Gasteiger partial charge on any atom is 0.329 e. The number of carbonyl (C=O) groups is 1. The Morgan fingerprint density at radius 2 is 1.69 bits per heavy atom. The first-order valence-corrected chi connectivity index (χ1v) is 11.3. The van der Waals surface area contributed by atoms with Gasteiger partial charge in [-0.3, -0.25) is 4.90 Å². The molecule has 0 amide bonds. The van der Waals surface area contributed by atoms with E-state index in [0.717, 1.165) is 30.8 Å². The van der Waals surface area contributed by atoms with Gasteiger partial charge in [-0.15, -0.1) is 0 Å². The first-order valence-electron chi connectivity index (χ1n) is 11.3. The summed E-state index contributed by atoms with van der Waals surface area (Å²) >= 11 is 0. The zero-order valence-electron chi connectivity index (χ0n) is 18.6. The SMILES string of the molecule is COC(=O)[C@H](Cc1ccc(C#CCN2CCC(c3ccccc3)CC2)cc1)n1cccc1. The molecule has 3 aromatic rings. The van der Waals surface area contributed by atoms with E-state index in [4.69, 9.17) is 4.74 Å². The van der Waals surface area contributed by atoms with Crippen molar-refractivity contribution < 1.29 is 9.53 Å². The summed E-state index contributed by atoms with van der Waals surface area (Å²) < 4.78 is 6.88. The largest absolute Gasteiger partial charge is 0.467 e. The maximum absolute atomic E-state index is 12.2. The minimum absolute atomic E-state index is 0.235. The highest BCUT2D eigenvalue weighted by molar-refractivity contribution is 5.74. The smallest absolute Gasteiger partial charge is 0.329 e. The number of rotatable bonds is 6. The Balaban J connectivity index is 1.29. The van der Waals surface area contributed by atoms with Crippen LogP contribution in [0.25, 0.3) is 0 Å². The van der Waals surface area contributed by atoms with Crippen molar-refractivity contribution in [2.75, 3.05) is 26.7 Å². The van der Waals surface area contributed by atoms with Gasteiger partial charge in [-0.05, 0) is 67.2 Å². The fraction of sp³-hybridized carbons (Fsp3) is 0.321. The molecule has 0 unspecified atom stereocenters. The Morgan fingerprint density at radius 3 is 2.34 bits per heavy atom. The molecule has 2 aromatic carbocycles. The summed E-state index contributed by atoms with van der Waals surface area (Å²) in [5.74, 6) is 7.06. The van der Waals surface area contributed by atoms with Gasteiger partial charge in [0, 0.05) is 24.4 Å². The second kappa shape index (κ2) is 10.8. The summed E-state index contributed by atoms with van der Waals surface area (Å²) in [5.41, 5.74) is 3.55. The Morgan fingerprint density at radius 1 is 1.00 bits per heavy atom. The predicted molar refractivity (Wildman–Crippen MR) is 127 cm³/mol. The molecule has 2 heterocycles. The van der Waals surface area contributed by atoms with Gasteiger partial charge < -0.3 is 9.30 Å². The molecule has 32 heavy (non-hydrogen) atoms. The van der Waals surface area contributed by atoms with Crippen LogP contribution in [0.5, 0.6) is 0 Å². The molecule has 4 rings (SSSR count). The van der Waals surface area contributed by atoms with E-state index in [0.29, 0.717) is 12.3 Å². The molecule has 0 bridgehead atoms. The third-order valence-electron chi connectivity index (χ3n) is 6.24. The van der Waals surface area contributed by atoms with E-state index >= 15 is 0 Å². The molecule has 0 N–H and O–H groups in total. The van der Waals surface area contributed by atoms with E-state index in [1.807, 2.05) is 41.2 Å². The van der Waals surface area contributed by atoms with Gasteiger partial charge in [0.2, 0.25) is 0 Å². The normalized spacial score (nSPS) is 15.5. The summed E-state index contributed by atoms with van der Waals surface area (Å²) in [6.07, 6.45) is 6.77. The van der Waals surface area contributed by atoms with Gasteiger partial charge in [0.25, 0.3) is 0 Å². The van der Waals surface area contributed by atoms with Gasteiger partial charge in [-0.1, -0.05) is 54.3 Å². The number of hydrogen-bond donors (Lipinski definition) is 0. The highest BCUT2D eigenvalue weighted by Crippen LogP contribution is 2.27. The first kappa shape index (κ1) is 21.9. The van der Waals surface area contributed by atoms with Crippen molar-refractivity contribution in [2.24, 2.45) is 0 Å². The lowest BCUT2D eigenvalue weighted by atomic mass is 9.89. The van der Waals surface area contributed by atoms with Gasteiger partial charge in [0.1, 0.15) is 6.04 Å². The first-order chi connectivity index (χ1) is 15.7. The number of likely N-dealkylation sites (tertiary alicyclic amines) is 1. The average molecular weight is 427 g/mol. The van der Waals surface area contributed by atoms with Crippen molar-refractivity contribution >= 4 is 5.97 Å². The van der Waals surface area contributed by atoms with Crippen LogP contribution in [0.4, 0.5) is 0 Å². The molecule has 1 aromatic heterocycles. The van der Waals surface area contributed by atoms with Crippen LogP contribution in [-0.2, 0) is 16.0 Å². The van der Waals surface area contributed by atoms with E-state index in [2.05, 4.69) is 59.2 Å². The number of carbonyl (C=O) groups excluding carboxylic acids is 1. The van der Waals surface area contributed by atoms with Crippen LogP contribution < -0.4 is 0 Å². The zero-order valence-corrected chi connectivity index (χ0v) is 18.6. The molecule has 1 aliphatic heterocycles. The quantitative estimate of drug-likeness (QED) is 0.424. The minimum atomic E-state index is -0.356. The lowest BCUT2D eigenvalue weighted by molar-refractivity contribution is -0.144. The third kappa shape index (κ3) is 5.69. The molecule has 164 valence electrons. The molecule has 4 heteroatoms. The number of benzene rings is 2. The number of aromatic nitrogens is 1. The fourth-order valence-corrected chi connectivity index (χ4v) is 4.35. The molecule has 0 radical (unpaired) electrons. The van der Waals surface area contributed by atoms with Gasteiger partial charge in [0.15, 0.2) is 0 Å². The highest BCUT2D eigenvalue weighted by atomic mass is 16.5. The third-order valence-corrected chi connectivity index (χ3v) is 6.24. The zero-order chi connectivity index (χ0) is 22.2. The molecule has 0 aliphatic carbocycles. The van der Waals surface area contributed by atoms with Crippen molar-refractivity contribution in [3.8, 4) is 11.8 Å². The molecule has 1 saturated heterocycles. The van der Waals surface area contributed by atoms with Crippen molar-refractivity contribution in [1.29, 1.82) is 0 Å². The average Bonchev–Trinajstić information content (AvgIpc) is 3.39. The van der Waals surface area contributed by atoms with Crippen molar-refractivity contribution in [1.82, 2.24) is 9.47 Å². The van der Waals surface area contributed by atoms with Gasteiger partial charge in [-0.2, -0.15) is 0 Å². The molecule has 0 spiro atoms. The summed E-state index contributed by atoms with van der Waals surface area (Å²) in [4.78, 5) is 14.6. The lowest BCUT2D eigenvalue weighted by Crippen LogP contribution is -2.33. The minimum Gasteiger partial charge on any atom is -0.467 e. The number of esters is 1. The maximum atomic E-state index is 12.2. The highest BCUT2D eigenvalue weighted by Gasteiger charge is 2.21. The van der Waals surface area contributed by atoms with Crippen molar-refractivity contribution in [2.45, 2.75) is 31.2 Å². The molecular formula is C28H30N2O2. The van der Waals surface area contributed by atoms with E-state index in [1.54, 1.807) is 0 Å². The van der Waals surface area contributed by atoms with E-state index in [-0.39, 0.29) is 12.0 Å². The van der Waals surface area contributed by atoms with E-state index in [9.17, 15) is 4.79 Å². The molecule has 1 aliphatic rings. The second-order valence-corrected chi connectivity index (χ2v) is 8.33. The standard InChI is InChI=1S/C28H30N2O2/c1-32-28(31)27(30-18-5-6-19-30)22-24-13-11-23(12-14-24)8-7-17-29-20-15-26(16-21-29)25-9-3-2-4-10-25/h2-6,9-14,18-19,26-27H,15-17,20-22H2,1H3/t27-/m0/s1. The summed E-state index contributed by atoms with van der Waals surface area (Å²) in [6, 6.07) is 22.5. The monoisotopic (exact) mass is 426 g/mol. The second-order valence-electron chi connectivity index (χ2n) is 8.33. The van der Waals surface area contributed by atoms with Crippen LogP contribution in [0, 0.1) is 11.8 Å². The van der Waals surface area contributed by atoms with Gasteiger partial charge >= 0.3 is 5.97 Å². The number of hydrogen-bond acceptors (Lipinski definition) is 3. The molecule has 4 nitrogen and oxygen atoms in total. The van der Waals surface area contributed by atoms with Crippen LogP contribution in [0.3, 0.4) is 0 Å². The van der Waals surface area contributed by atoms with E-state index in [1.165, 1.54) is 25.5 Å². The van der Waals surface area contributed by atoms with Crippen LogP contribution in [-0.4, -0.2) is 42.2 Å². The Labute approximate surface area is 190 Å². The topological polar surface area (TPSA) is 34.5 Å². The number of methoxy groups -OCH3 is 1. The Kier molecular flexibility index (Phi) is 7.42. The van der Waals surface area contributed by atoms with Gasteiger partial charge in [0.05, 0.1) is 13.7 Å². The summed E-state index contributed by atoms with van der Waals surface area (Å²) in [5, 5.41) is 0. The summed E-state index contributed by atoms with van der Waals surface area (Å²) in [7, 11) is 1.43. The molecular weight excluding hydrogens is 396 g/mol. The number of piperidine rings is 1. The predicted octanol–water partition coefficient (Wildman–Crippen LogP) is 4.68. The number of nitrogens with zero attached hydrogens (tertiary/aromatic N) is 2. The van der Waals surface area contributed by atoms with Crippen LogP contribution in [0.1, 0.15) is 41.5 Å². The summed E-state index contributed by atoms with van der Waals surface area (Å²) in [6.45, 7) is 3.00. The fourth-order valence-electron chi connectivity index (χ4n) is 4.35.